The molecule has 4 rings (SSSR count). The number of nitrogens with one attached hydrogen (secondary N) is 2. The second kappa shape index (κ2) is 10.6. The Morgan fingerprint density at radius 1 is 1.08 bits per heavy atom. The van der Waals surface area contributed by atoms with E-state index in [9.17, 15) is 18.0 Å². The van der Waals surface area contributed by atoms with Crippen LogP contribution in [0.15, 0.2) is 42.5 Å². The van der Waals surface area contributed by atoms with Crippen molar-refractivity contribution in [3.63, 3.8) is 0 Å². The zero-order chi connectivity index (χ0) is 25.9. The summed E-state index contributed by atoms with van der Waals surface area (Å²) >= 11 is 0. The highest BCUT2D eigenvalue weighted by Crippen LogP contribution is 2.50. The van der Waals surface area contributed by atoms with E-state index in [1.807, 2.05) is 6.07 Å². The number of benzene rings is 2. The van der Waals surface area contributed by atoms with E-state index in [0.29, 0.717) is 17.2 Å². The number of likely N-dealkylation sites (tertiary alicyclic amines) is 1. The molecule has 9 heteroatoms. The molecule has 2 aliphatic rings. The lowest BCUT2D eigenvalue weighted by Crippen LogP contribution is -2.53. The number of fused-ring (bicyclic) bond motifs is 1. The number of ether oxygens (including phenoxy) is 2. The molecule has 3 atom stereocenters. The van der Waals surface area contributed by atoms with Crippen LogP contribution in [-0.4, -0.2) is 50.3 Å². The Labute approximate surface area is 210 Å². The molecule has 196 valence electrons. The van der Waals surface area contributed by atoms with Gasteiger partial charge >= 0.3 is 12.2 Å². The lowest BCUT2D eigenvalue weighted by atomic mass is 9.65. The Morgan fingerprint density at radius 3 is 2.44 bits per heavy atom. The molecule has 2 amide bonds. The van der Waals surface area contributed by atoms with Crippen LogP contribution in [0, 0.1) is 0 Å². The van der Waals surface area contributed by atoms with E-state index in [-0.39, 0.29) is 17.5 Å². The van der Waals surface area contributed by atoms with Gasteiger partial charge in [-0.2, -0.15) is 13.2 Å². The van der Waals surface area contributed by atoms with Crippen LogP contribution in [0.3, 0.4) is 0 Å². The Kier molecular flexibility index (Phi) is 7.68. The monoisotopic (exact) mass is 505 g/mol. The predicted molar refractivity (Wildman–Crippen MR) is 133 cm³/mol. The van der Waals surface area contributed by atoms with Crippen molar-refractivity contribution >= 4 is 11.7 Å². The van der Waals surface area contributed by atoms with E-state index in [4.69, 9.17) is 9.47 Å². The van der Waals surface area contributed by atoms with Crippen molar-refractivity contribution in [1.29, 1.82) is 0 Å². The van der Waals surface area contributed by atoms with E-state index in [0.717, 1.165) is 57.3 Å². The van der Waals surface area contributed by atoms with Gasteiger partial charge in [-0.25, -0.2) is 4.79 Å². The zero-order valence-corrected chi connectivity index (χ0v) is 21.0. The number of carbonyl (C=O) groups excluding carboxylic acids is 1. The number of urea groups is 1. The number of halogens is 3. The first kappa shape index (κ1) is 26.1. The van der Waals surface area contributed by atoms with Crippen LogP contribution in [0.25, 0.3) is 0 Å². The highest BCUT2D eigenvalue weighted by atomic mass is 19.4. The van der Waals surface area contributed by atoms with Crippen molar-refractivity contribution in [1.82, 2.24) is 10.2 Å². The van der Waals surface area contributed by atoms with Gasteiger partial charge in [-0.15, -0.1) is 0 Å². The van der Waals surface area contributed by atoms with Crippen molar-refractivity contribution in [3.05, 3.63) is 53.6 Å². The SMILES string of the molecule is CCCN1CCC2(c3ccc(OC)c(OC)c3)CCC(NC(=O)Nc3ccc(C(F)(F)F)cc3)CC12. The molecule has 36 heavy (non-hydrogen) atoms. The van der Waals surface area contributed by atoms with Crippen molar-refractivity contribution in [2.75, 3.05) is 32.6 Å². The summed E-state index contributed by atoms with van der Waals surface area (Å²) in [6, 6.07) is 10.5. The molecule has 6 nitrogen and oxygen atoms in total. The van der Waals surface area contributed by atoms with Crippen LogP contribution in [0.4, 0.5) is 23.7 Å². The second-order valence-electron chi connectivity index (χ2n) is 9.67. The average molecular weight is 506 g/mol. The molecular formula is C27H34F3N3O3. The number of nitrogens with zero attached hydrogens (tertiary/aromatic N) is 1. The maximum Gasteiger partial charge on any atom is 0.416 e. The molecule has 0 radical (unpaired) electrons. The van der Waals surface area contributed by atoms with Crippen molar-refractivity contribution in [2.24, 2.45) is 0 Å². The average Bonchev–Trinajstić information content (AvgIpc) is 3.22. The van der Waals surface area contributed by atoms with E-state index >= 15 is 0 Å². The van der Waals surface area contributed by atoms with Crippen molar-refractivity contribution in [3.8, 4) is 11.5 Å². The Hall–Kier alpha value is -2.94. The van der Waals surface area contributed by atoms with Gasteiger partial charge in [0, 0.05) is 23.2 Å². The Bertz CT molecular complexity index is 1060. The molecule has 2 aromatic rings. The highest BCUT2D eigenvalue weighted by molar-refractivity contribution is 5.89. The lowest BCUT2D eigenvalue weighted by Gasteiger charge is -2.45. The van der Waals surface area contributed by atoms with Crippen LogP contribution in [0.1, 0.15) is 50.2 Å². The largest absolute Gasteiger partial charge is 0.493 e. The third-order valence-electron chi connectivity index (χ3n) is 7.65. The van der Waals surface area contributed by atoms with Crippen molar-refractivity contribution < 1.29 is 27.4 Å². The first-order valence-corrected chi connectivity index (χ1v) is 12.4. The standard InChI is InChI=1S/C27H34F3N3O3/c1-4-14-33-15-13-26(19-7-10-22(35-2)23(16-19)36-3)12-11-21(17-24(26)33)32-25(34)31-20-8-5-18(6-9-20)27(28,29)30/h5-10,16,21,24H,4,11-15,17H2,1-3H3,(H2,31,32,34). The molecule has 0 spiro atoms. The summed E-state index contributed by atoms with van der Waals surface area (Å²) in [5.41, 5.74) is 0.780. The number of hydrogen-bond acceptors (Lipinski definition) is 4. The number of anilines is 1. The quantitative estimate of drug-likeness (QED) is 0.498. The van der Waals surface area contributed by atoms with Crippen LogP contribution < -0.4 is 20.1 Å². The maximum atomic E-state index is 12.8. The molecule has 2 N–H and O–H groups in total. The van der Waals surface area contributed by atoms with Gasteiger partial charge in [-0.1, -0.05) is 13.0 Å². The van der Waals surface area contributed by atoms with E-state index in [1.165, 1.54) is 17.7 Å². The summed E-state index contributed by atoms with van der Waals surface area (Å²) in [5.74, 6) is 1.42. The minimum Gasteiger partial charge on any atom is -0.493 e. The summed E-state index contributed by atoms with van der Waals surface area (Å²) in [7, 11) is 3.27. The number of methoxy groups -OCH3 is 2. The van der Waals surface area contributed by atoms with E-state index in [1.54, 1.807) is 14.2 Å². The van der Waals surface area contributed by atoms with Gasteiger partial charge in [0.2, 0.25) is 0 Å². The zero-order valence-electron chi connectivity index (χ0n) is 21.0. The van der Waals surface area contributed by atoms with Crippen LogP contribution in [0.2, 0.25) is 0 Å². The molecule has 1 heterocycles. The minimum atomic E-state index is -4.41. The van der Waals surface area contributed by atoms with Gasteiger partial charge in [-0.05, 0) is 87.2 Å². The lowest BCUT2D eigenvalue weighted by molar-refractivity contribution is -0.137. The molecular weight excluding hydrogens is 471 g/mol. The minimum absolute atomic E-state index is 0.0309. The third-order valence-corrected chi connectivity index (χ3v) is 7.65. The first-order valence-electron chi connectivity index (χ1n) is 12.4. The van der Waals surface area contributed by atoms with E-state index in [2.05, 4.69) is 34.6 Å². The molecule has 3 unspecified atom stereocenters. The fourth-order valence-corrected chi connectivity index (χ4v) is 5.91. The number of rotatable bonds is 7. The number of hydrogen-bond donors (Lipinski definition) is 2. The topological polar surface area (TPSA) is 62.8 Å². The molecule has 2 fully saturated rings. The van der Waals surface area contributed by atoms with Gasteiger partial charge in [-0.3, -0.25) is 4.90 Å². The molecule has 1 saturated carbocycles. The van der Waals surface area contributed by atoms with Gasteiger partial charge in [0.05, 0.1) is 19.8 Å². The van der Waals surface area contributed by atoms with E-state index < -0.39 is 17.8 Å². The summed E-state index contributed by atoms with van der Waals surface area (Å²) in [6.07, 6.45) is 0.205. The van der Waals surface area contributed by atoms with Crippen molar-refractivity contribution in [2.45, 2.75) is 62.7 Å². The first-order chi connectivity index (χ1) is 17.2. The van der Waals surface area contributed by atoms with Crippen LogP contribution >= 0.6 is 0 Å². The number of carbonyl (C=O) groups is 1. The third kappa shape index (κ3) is 5.26. The highest BCUT2D eigenvalue weighted by Gasteiger charge is 2.51. The Morgan fingerprint density at radius 2 is 1.81 bits per heavy atom. The number of alkyl halides is 3. The number of amides is 2. The summed E-state index contributed by atoms with van der Waals surface area (Å²) in [5, 5.41) is 5.72. The normalized spacial score (nSPS) is 24.2. The second-order valence-corrected chi connectivity index (χ2v) is 9.67. The summed E-state index contributed by atoms with van der Waals surface area (Å²) in [6.45, 7) is 4.16. The molecule has 0 aromatic heterocycles. The predicted octanol–water partition coefficient (Wildman–Crippen LogP) is 5.82. The van der Waals surface area contributed by atoms with Gasteiger partial charge in [0.15, 0.2) is 11.5 Å². The van der Waals surface area contributed by atoms with Gasteiger partial charge < -0.3 is 20.1 Å². The fraction of sp³-hybridized carbons (Fsp3) is 0.519. The Balaban J connectivity index is 1.47. The molecule has 2 aromatic carbocycles. The smallest absolute Gasteiger partial charge is 0.416 e. The molecule has 0 bridgehead atoms. The molecule has 1 aliphatic heterocycles. The van der Waals surface area contributed by atoms with Gasteiger partial charge in [0.1, 0.15) is 0 Å². The van der Waals surface area contributed by atoms with Crippen LogP contribution in [-0.2, 0) is 11.6 Å². The van der Waals surface area contributed by atoms with Gasteiger partial charge in [0.25, 0.3) is 0 Å². The molecule has 1 saturated heterocycles. The maximum absolute atomic E-state index is 12.8. The van der Waals surface area contributed by atoms with Crippen LogP contribution in [0.5, 0.6) is 11.5 Å². The molecule has 1 aliphatic carbocycles. The summed E-state index contributed by atoms with van der Waals surface area (Å²) < 4.78 is 49.4. The summed E-state index contributed by atoms with van der Waals surface area (Å²) in [4.78, 5) is 15.2. The fourth-order valence-electron chi connectivity index (χ4n) is 5.91.